The second kappa shape index (κ2) is 12.9. The second-order valence-corrected chi connectivity index (χ2v) is 9.49. The largest absolute Gasteiger partial charge is 0.361 e. The summed E-state index contributed by atoms with van der Waals surface area (Å²) in [6.07, 6.45) is 2.79. The van der Waals surface area contributed by atoms with E-state index in [2.05, 4.69) is 20.9 Å². The molecule has 0 aliphatic heterocycles. The van der Waals surface area contributed by atoms with Gasteiger partial charge in [-0.2, -0.15) is 0 Å². The summed E-state index contributed by atoms with van der Waals surface area (Å²) in [5.41, 5.74) is 1.77. The minimum Gasteiger partial charge on any atom is -0.361 e. The molecule has 1 aromatic carbocycles. The minimum absolute atomic E-state index is 0.00712. The molecule has 0 bridgehead atoms. The van der Waals surface area contributed by atoms with Crippen molar-refractivity contribution in [1.82, 2.24) is 20.9 Å². The van der Waals surface area contributed by atoms with Crippen LogP contribution in [0.1, 0.15) is 32.3 Å². The topological polar surface area (TPSA) is 144 Å². The third-order valence-corrected chi connectivity index (χ3v) is 5.87. The number of fused-ring (bicyclic) bond motifs is 1. The van der Waals surface area contributed by atoms with Gasteiger partial charge in [-0.15, -0.1) is 0 Å². The number of Topliss-reactive ketones (excluding diaryl/α,β-unsaturated/α-hetero) is 1. The number of rotatable bonds is 13. The SMILES string of the molecule is CNCC(=O)N[C@@H](Cc1c[nH]c2ccccc12)C(=O)N[C@@H](CCC(=O)C=N)C(=O)SC(C)C. The highest BCUT2D eigenvalue weighted by atomic mass is 32.2. The Kier molecular flexibility index (Phi) is 10.3. The number of hydrogen-bond acceptors (Lipinski definition) is 7. The lowest BCUT2D eigenvalue weighted by Gasteiger charge is -2.23. The van der Waals surface area contributed by atoms with Gasteiger partial charge in [-0.3, -0.25) is 19.2 Å². The molecule has 0 saturated carbocycles. The van der Waals surface area contributed by atoms with Crippen molar-refractivity contribution in [2.45, 2.75) is 50.4 Å². The van der Waals surface area contributed by atoms with E-state index in [1.165, 1.54) is 0 Å². The van der Waals surface area contributed by atoms with Crippen molar-refractivity contribution >= 4 is 51.6 Å². The molecule has 0 radical (unpaired) electrons. The Balaban J connectivity index is 2.23. The highest BCUT2D eigenvalue weighted by molar-refractivity contribution is 8.14. The van der Waals surface area contributed by atoms with E-state index in [1.807, 2.05) is 38.1 Å². The molecule has 9 nitrogen and oxygen atoms in total. The van der Waals surface area contributed by atoms with E-state index in [-0.39, 0.29) is 42.1 Å². The Morgan fingerprint density at radius 1 is 1.12 bits per heavy atom. The minimum atomic E-state index is -0.914. The lowest BCUT2D eigenvalue weighted by Crippen LogP contribution is -2.53. The van der Waals surface area contributed by atoms with Crippen LogP contribution in [0, 0.1) is 5.41 Å². The van der Waals surface area contributed by atoms with Crippen LogP contribution in [0.2, 0.25) is 0 Å². The zero-order valence-corrected chi connectivity index (χ0v) is 19.9. The van der Waals surface area contributed by atoms with Crippen LogP contribution in [0.3, 0.4) is 0 Å². The molecule has 1 aromatic heterocycles. The smallest absolute Gasteiger partial charge is 0.243 e. The van der Waals surface area contributed by atoms with Gasteiger partial charge in [0.15, 0.2) is 5.78 Å². The summed E-state index contributed by atoms with van der Waals surface area (Å²) in [6, 6.07) is 5.83. The Morgan fingerprint density at radius 3 is 2.52 bits per heavy atom. The van der Waals surface area contributed by atoms with Crippen LogP contribution in [0.15, 0.2) is 30.5 Å². The van der Waals surface area contributed by atoms with Gasteiger partial charge in [0.05, 0.1) is 18.8 Å². The molecular weight excluding hydrogens is 442 g/mol. The van der Waals surface area contributed by atoms with Crippen LogP contribution in [0.25, 0.3) is 10.9 Å². The number of carbonyl (C=O) groups excluding carboxylic acids is 4. The van der Waals surface area contributed by atoms with E-state index >= 15 is 0 Å². The summed E-state index contributed by atoms with van der Waals surface area (Å²) >= 11 is 1.08. The number of likely N-dealkylation sites (N-methyl/N-ethyl adjacent to an activating group) is 1. The summed E-state index contributed by atoms with van der Waals surface area (Å²) in [5.74, 6) is -1.28. The zero-order chi connectivity index (χ0) is 24.4. The maximum Gasteiger partial charge on any atom is 0.243 e. The molecule has 178 valence electrons. The fraction of sp³-hybridized carbons (Fsp3) is 0.435. The predicted molar refractivity (Wildman–Crippen MR) is 131 cm³/mol. The van der Waals surface area contributed by atoms with Gasteiger partial charge in [-0.05, 0) is 25.1 Å². The number of ketones is 1. The summed E-state index contributed by atoms with van der Waals surface area (Å²) in [7, 11) is 1.63. The van der Waals surface area contributed by atoms with E-state index in [1.54, 1.807) is 13.2 Å². The maximum atomic E-state index is 13.2. The molecule has 33 heavy (non-hydrogen) atoms. The van der Waals surface area contributed by atoms with Gasteiger partial charge in [0, 0.05) is 35.2 Å². The molecule has 0 unspecified atom stereocenters. The third kappa shape index (κ3) is 8.14. The first-order valence-electron chi connectivity index (χ1n) is 10.8. The normalized spacial score (nSPS) is 12.8. The lowest BCUT2D eigenvalue weighted by molar-refractivity contribution is -0.130. The Labute approximate surface area is 197 Å². The number of nitrogens with one attached hydrogen (secondary N) is 5. The van der Waals surface area contributed by atoms with Crippen LogP contribution in [0.4, 0.5) is 0 Å². The highest BCUT2D eigenvalue weighted by Gasteiger charge is 2.28. The fourth-order valence-electron chi connectivity index (χ4n) is 3.33. The molecule has 0 aliphatic carbocycles. The number of H-pyrrole nitrogens is 1. The van der Waals surface area contributed by atoms with Crippen LogP contribution in [-0.4, -0.2) is 64.8 Å². The summed E-state index contributed by atoms with van der Waals surface area (Å²) in [6.45, 7) is 3.76. The molecule has 0 aliphatic rings. The predicted octanol–water partition coefficient (Wildman–Crippen LogP) is 1.57. The number of para-hydroxylation sites is 1. The fourth-order valence-corrected chi connectivity index (χ4v) is 4.14. The first-order valence-corrected chi connectivity index (χ1v) is 11.7. The highest BCUT2D eigenvalue weighted by Crippen LogP contribution is 2.20. The van der Waals surface area contributed by atoms with Gasteiger partial charge >= 0.3 is 0 Å². The number of hydrogen-bond donors (Lipinski definition) is 5. The average molecular weight is 474 g/mol. The monoisotopic (exact) mass is 473 g/mol. The Hall–Kier alpha value is -2.98. The summed E-state index contributed by atoms with van der Waals surface area (Å²) < 4.78 is 0. The maximum absolute atomic E-state index is 13.2. The van der Waals surface area contributed by atoms with Crippen molar-refractivity contribution in [2.75, 3.05) is 13.6 Å². The quantitative estimate of drug-likeness (QED) is 0.279. The van der Waals surface area contributed by atoms with Crippen LogP contribution < -0.4 is 16.0 Å². The molecule has 0 saturated heterocycles. The lowest BCUT2D eigenvalue weighted by atomic mass is 10.0. The second-order valence-electron chi connectivity index (χ2n) is 7.91. The molecule has 2 rings (SSSR count). The molecule has 0 fully saturated rings. The van der Waals surface area contributed by atoms with Crippen molar-refractivity contribution in [2.24, 2.45) is 0 Å². The van der Waals surface area contributed by atoms with Crippen molar-refractivity contribution in [3.05, 3.63) is 36.0 Å². The average Bonchev–Trinajstić information content (AvgIpc) is 3.18. The first kappa shape index (κ1) is 26.3. The van der Waals surface area contributed by atoms with E-state index in [9.17, 15) is 19.2 Å². The molecule has 2 amide bonds. The number of carbonyl (C=O) groups is 4. The zero-order valence-electron chi connectivity index (χ0n) is 19.1. The number of aromatic nitrogens is 1. The summed E-state index contributed by atoms with van der Waals surface area (Å²) in [5, 5.41) is 16.0. The molecule has 10 heteroatoms. The third-order valence-electron chi connectivity index (χ3n) is 4.88. The van der Waals surface area contributed by atoms with Crippen LogP contribution in [0.5, 0.6) is 0 Å². The van der Waals surface area contributed by atoms with Crippen molar-refractivity contribution in [3.8, 4) is 0 Å². The van der Waals surface area contributed by atoms with Gasteiger partial charge in [0.25, 0.3) is 0 Å². The van der Waals surface area contributed by atoms with Crippen molar-refractivity contribution in [1.29, 1.82) is 5.41 Å². The van der Waals surface area contributed by atoms with E-state index < -0.39 is 23.8 Å². The van der Waals surface area contributed by atoms with Gasteiger partial charge in [-0.1, -0.05) is 43.8 Å². The number of amides is 2. The van der Waals surface area contributed by atoms with Gasteiger partial charge in [0.1, 0.15) is 6.04 Å². The van der Waals surface area contributed by atoms with Gasteiger partial charge in [-0.25, -0.2) is 0 Å². The first-order chi connectivity index (χ1) is 15.7. The number of aromatic amines is 1. The molecule has 5 N–H and O–H groups in total. The molecule has 2 atom stereocenters. The number of benzene rings is 1. The molecular formula is C23H31N5O4S. The van der Waals surface area contributed by atoms with E-state index in [0.717, 1.165) is 28.2 Å². The summed E-state index contributed by atoms with van der Waals surface area (Å²) in [4.78, 5) is 52.9. The van der Waals surface area contributed by atoms with E-state index in [0.29, 0.717) is 6.21 Å². The molecule has 1 heterocycles. The van der Waals surface area contributed by atoms with Crippen LogP contribution in [-0.2, 0) is 25.6 Å². The van der Waals surface area contributed by atoms with Crippen molar-refractivity contribution < 1.29 is 19.2 Å². The number of thioether (sulfide) groups is 1. The Bertz CT molecular complexity index is 1000. The van der Waals surface area contributed by atoms with Gasteiger partial charge < -0.3 is 26.3 Å². The molecule has 2 aromatic rings. The Morgan fingerprint density at radius 2 is 1.85 bits per heavy atom. The standard InChI is InChI=1S/C23H31N5O4S/c1-14(2)33-23(32)19(9-8-16(29)11-24)28-22(31)20(27-21(30)13-25-3)10-15-12-26-18-7-5-4-6-17(15)18/h4-7,11-12,14,19-20,24-26H,8-10,13H2,1-3H3,(H,27,30)(H,28,31)/t19-,20-/m0/s1. The van der Waals surface area contributed by atoms with Crippen LogP contribution >= 0.6 is 11.8 Å². The van der Waals surface area contributed by atoms with Gasteiger partial charge in [0.2, 0.25) is 16.9 Å². The van der Waals surface area contributed by atoms with Crippen molar-refractivity contribution in [3.63, 3.8) is 0 Å². The molecule has 0 spiro atoms. The van der Waals surface area contributed by atoms with E-state index in [4.69, 9.17) is 5.41 Å².